The molecule has 0 aliphatic heterocycles. The number of carboxylic acid groups (broad SMARTS) is 1. The number of carbonyl (C=O) groups is 2. The molecule has 0 saturated carbocycles. The van der Waals surface area contributed by atoms with Gasteiger partial charge in [0.2, 0.25) is 0 Å². The van der Waals surface area contributed by atoms with Crippen LogP contribution in [0.4, 0.5) is 13.2 Å². The molecule has 21 heavy (non-hydrogen) atoms. The summed E-state index contributed by atoms with van der Waals surface area (Å²) in [6, 6.07) is 2.99. The van der Waals surface area contributed by atoms with Crippen molar-refractivity contribution in [2.75, 3.05) is 5.88 Å². The Morgan fingerprint density at radius 3 is 2.43 bits per heavy atom. The molecule has 1 unspecified atom stereocenters. The molecule has 0 spiro atoms. The van der Waals surface area contributed by atoms with E-state index in [-0.39, 0.29) is 17.9 Å². The van der Waals surface area contributed by atoms with Gasteiger partial charge in [-0.2, -0.15) is 0 Å². The molecular formula is C12H10ClF3O5. The van der Waals surface area contributed by atoms with Crippen molar-refractivity contribution in [3.63, 3.8) is 0 Å². The Kier molecular flexibility index (Phi) is 5.56. The molecular weight excluding hydrogens is 317 g/mol. The van der Waals surface area contributed by atoms with Gasteiger partial charge in [-0.05, 0) is 6.07 Å². The van der Waals surface area contributed by atoms with E-state index in [1.807, 2.05) is 0 Å². The third-order valence-electron chi connectivity index (χ3n) is 2.42. The number of ketones is 1. The van der Waals surface area contributed by atoms with Gasteiger partial charge in [-0.3, -0.25) is 4.79 Å². The zero-order valence-corrected chi connectivity index (χ0v) is 11.1. The summed E-state index contributed by atoms with van der Waals surface area (Å²) in [7, 11) is 0. The Balaban J connectivity index is 3.40. The van der Waals surface area contributed by atoms with E-state index in [9.17, 15) is 27.9 Å². The second-order valence-electron chi connectivity index (χ2n) is 3.87. The summed E-state index contributed by atoms with van der Waals surface area (Å²) in [5.41, 5.74) is -1.13. The van der Waals surface area contributed by atoms with Gasteiger partial charge in [-0.25, -0.2) is 4.79 Å². The summed E-state index contributed by atoms with van der Waals surface area (Å²) in [4.78, 5) is 22.6. The number of halogens is 4. The molecule has 1 atom stereocenters. The fraction of sp³-hybridized carbons (Fsp3) is 0.333. The number of rotatable bonds is 6. The number of benzene rings is 1. The van der Waals surface area contributed by atoms with Crippen LogP contribution in [0.5, 0.6) is 5.75 Å². The highest BCUT2D eigenvalue weighted by atomic mass is 35.5. The van der Waals surface area contributed by atoms with Gasteiger partial charge in [-0.1, -0.05) is 12.1 Å². The van der Waals surface area contributed by atoms with E-state index in [2.05, 4.69) is 4.74 Å². The van der Waals surface area contributed by atoms with Crippen LogP contribution in [0.2, 0.25) is 0 Å². The van der Waals surface area contributed by atoms with E-state index in [0.29, 0.717) is 0 Å². The molecule has 2 N–H and O–H groups in total. The Morgan fingerprint density at radius 2 is 1.95 bits per heavy atom. The minimum atomic E-state index is -5.10. The topological polar surface area (TPSA) is 83.8 Å². The van der Waals surface area contributed by atoms with Crippen molar-refractivity contribution < 1.29 is 37.7 Å². The Morgan fingerprint density at radius 1 is 1.33 bits per heavy atom. The van der Waals surface area contributed by atoms with Gasteiger partial charge in [0.25, 0.3) is 0 Å². The van der Waals surface area contributed by atoms with Gasteiger partial charge in [-0.15, -0.1) is 24.8 Å². The maximum atomic E-state index is 12.3. The average Bonchev–Trinajstić information content (AvgIpc) is 2.36. The van der Waals surface area contributed by atoms with Crippen molar-refractivity contribution in [1.29, 1.82) is 0 Å². The van der Waals surface area contributed by atoms with Crippen LogP contribution in [0.3, 0.4) is 0 Å². The third-order valence-corrected chi connectivity index (χ3v) is 2.61. The first kappa shape index (κ1) is 17.3. The van der Waals surface area contributed by atoms with Gasteiger partial charge in [0.1, 0.15) is 5.75 Å². The van der Waals surface area contributed by atoms with Crippen LogP contribution in [0.1, 0.15) is 28.4 Å². The molecule has 0 amide bonds. The molecule has 116 valence electrons. The summed E-state index contributed by atoms with van der Waals surface area (Å²) in [5.74, 6) is -3.56. The second-order valence-corrected chi connectivity index (χ2v) is 4.25. The van der Waals surface area contributed by atoms with Crippen molar-refractivity contribution >= 4 is 23.4 Å². The highest BCUT2D eigenvalue weighted by Gasteiger charge is 2.35. The first-order valence-electron chi connectivity index (χ1n) is 5.56. The van der Waals surface area contributed by atoms with E-state index in [4.69, 9.17) is 16.7 Å². The van der Waals surface area contributed by atoms with Crippen LogP contribution in [-0.2, 0) is 4.79 Å². The zero-order chi connectivity index (χ0) is 16.2. The molecule has 1 aromatic carbocycles. The number of aliphatic carboxylic acids is 1. The Bertz CT molecular complexity index is 544. The second kappa shape index (κ2) is 6.77. The molecule has 0 aromatic heterocycles. The van der Waals surface area contributed by atoms with Gasteiger partial charge in [0.05, 0.1) is 0 Å². The maximum Gasteiger partial charge on any atom is 0.573 e. The van der Waals surface area contributed by atoms with E-state index in [1.165, 1.54) is 0 Å². The number of alkyl halides is 4. The van der Waals surface area contributed by atoms with Crippen molar-refractivity contribution in [1.82, 2.24) is 0 Å². The fourth-order valence-electron chi connectivity index (χ4n) is 1.63. The SMILES string of the molecule is O=C(CCCl)c1cccc(OC(F)(F)F)c1C(O)C(=O)O. The van der Waals surface area contributed by atoms with Crippen molar-refractivity contribution in [3.05, 3.63) is 29.3 Å². The van der Waals surface area contributed by atoms with Crippen molar-refractivity contribution in [2.24, 2.45) is 0 Å². The molecule has 0 saturated heterocycles. The fourth-order valence-corrected chi connectivity index (χ4v) is 1.80. The number of carbonyl (C=O) groups excluding carboxylic acids is 1. The van der Waals surface area contributed by atoms with Gasteiger partial charge >= 0.3 is 12.3 Å². The predicted octanol–water partition coefficient (Wildman–Crippen LogP) is 2.51. The lowest BCUT2D eigenvalue weighted by Crippen LogP contribution is -2.22. The largest absolute Gasteiger partial charge is 0.573 e. The predicted molar refractivity (Wildman–Crippen MR) is 65.4 cm³/mol. The van der Waals surface area contributed by atoms with Gasteiger partial charge < -0.3 is 14.9 Å². The first-order valence-corrected chi connectivity index (χ1v) is 6.09. The number of ether oxygens (including phenoxy) is 1. The molecule has 9 heteroatoms. The summed E-state index contributed by atoms with van der Waals surface area (Å²) < 4.78 is 40.6. The van der Waals surface area contributed by atoms with Gasteiger partial charge in [0.15, 0.2) is 11.9 Å². The molecule has 0 fully saturated rings. The molecule has 1 aromatic rings. The molecule has 0 aliphatic rings. The molecule has 5 nitrogen and oxygen atoms in total. The Hall–Kier alpha value is -1.80. The number of hydrogen-bond donors (Lipinski definition) is 2. The third kappa shape index (κ3) is 4.61. The summed E-state index contributed by atoms with van der Waals surface area (Å²) >= 11 is 5.38. The highest BCUT2D eigenvalue weighted by Crippen LogP contribution is 2.33. The van der Waals surface area contributed by atoms with Crippen LogP contribution < -0.4 is 4.74 Å². The average molecular weight is 327 g/mol. The lowest BCUT2D eigenvalue weighted by atomic mass is 9.97. The molecule has 0 heterocycles. The number of aliphatic hydroxyl groups excluding tert-OH is 1. The first-order chi connectivity index (χ1) is 9.67. The molecule has 0 radical (unpaired) electrons. The van der Waals surface area contributed by atoms with E-state index < -0.39 is 35.5 Å². The van der Waals surface area contributed by atoms with E-state index in [0.717, 1.165) is 18.2 Å². The Labute approximate surface area is 121 Å². The number of carboxylic acids is 1. The maximum absolute atomic E-state index is 12.3. The lowest BCUT2D eigenvalue weighted by molar-refractivity contribution is -0.275. The summed E-state index contributed by atoms with van der Waals surface area (Å²) in [5, 5.41) is 18.3. The van der Waals surface area contributed by atoms with Crippen LogP contribution in [0.25, 0.3) is 0 Å². The van der Waals surface area contributed by atoms with Crippen LogP contribution in [-0.4, -0.2) is 34.2 Å². The highest BCUT2D eigenvalue weighted by molar-refractivity contribution is 6.19. The zero-order valence-electron chi connectivity index (χ0n) is 10.4. The standard InChI is InChI=1S/C12H10ClF3O5/c13-5-4-7(17)6-2-1-3-8(21-12(14,15)16)9(6)10(18)11(19)20/h1-3,10,18H,4-5H2,(H,19,20). The van der Waals surface area contributed by atoms with Crippen LogP contribution in [0.15, 0.2) is 18.2 Å². The summed E-state index contributed by atoms with van der Waals surface area (Å²) in [6.45, 7) is 0. The smallest absolute Gasteiger partial charge is 0.479 e. The van der Waals surface area contributed by atoms with Crippen LogP contribution in [0, 0.1) is 0 Å². The minimum Gasteiger partial charge on any atom is -0.479 e. The molecule has 1 rings (SSSR count). The van der Waals surface area contributed by atoms with E-state index in [1.54, 1.807) is 0 Å². The van der Waals surface area contributed by atoms with Crippen molar-refractivity contribution in [3.8, 4) is 5.75 Å². The molecule has 0 aliphatic carbocycles. The summed E-state index contributed by atoms with van der Waals surface area (Å²) in [6.07, 6.45) is -7.66. The monoisotopic (exact) mass is 326 g/mol. The van der Waals surface area contributed by atoms with E-state index >= 15 is 0 Å². The van der Waals surface area contributed by atoms with Crippen LogP contribution >= 0.6 is 11.6 Å². The number of hydrogen-bond acceptors (Lipinski definition) is 4. The molecule has 0 bridgehead atoms. The number of Topliss-reactive ketones (excluding diaryl/α,β-unsaturated/α-hetero) is 1. The lowest BCUT2D eigenvalue weighted by Gasteiger charge is -2.18. The van der Waals surface area contributed by atoms with Gasteiger partial charge in [0, 0.05) is 23.4 Å². The number of aliphatic hydroxyl groups is 1. The minimum absolute atomic E-state index is 0.105. The quantitative estimate of drug-likeness (QED) is 0.620. The van der Waals surface area contributed by atoms with Crippen molar-refractivity contribution in [2.45, 2.75) is 18.9 Å². The normalized spacial score (nSPS) is 12.8.